The summed E-state index contributed by atoms with van der Waals surface area (Å²) in [7, 11) is -4.61. The van der Waals surface area contributed by atoms with Crippen molar-refractivity contribution in [2.24, 2.45) is 50.2 Å². The van der Waals surface area contributed by atoms with Crippen LogP contribution >= 0.6 is 0 Å². The highest BCUT2D eigenvalue weighted by Crippen LogP contribution is 2.75. The van der Waals surface area contributed by atoms with Gasteiger partial charge < -0.3 is 10.2 Å². The molecule has 0 radical (unpaired) electrons. The van der Waals surface area contributed by atoms with Gasteiger partial charge in [0.25, 0.3) is 0 Å². The third kappa shape index (κ3) is 3.82. The summed E-state index contributed by atoms with van der Waals surface area (Å²) in [5, 5.41) is 21.6. The molecule has 0 aliphatic heterocycles. The summed E-state index contributed by atoms with van der Waals surface area (Å²) in [5.41, 5.74) is -0.201. The van der Waals surface area contributed by atoms with E-state index in [9.17, 15) is 28.0 Å². The summed E-state index contributed by atoms with van der Waals surface area (Å²) in [4.78, 5) is 12.8. The summed E-state index contributed by atoms with van der Waals surface area (Å²) < 4.78 is 37.2. The maximum Gasteiger partial charge on any atom is 0.397 e. The van der Waals surface area contributed by atoms with E-state index in [0.717, 1.165) is 57.8 Å². The first-order valence-electron chi connectivity index (χ1n) is 14.6. The molecule has 0 heterocycles. The minimum atomic E-state index is -4.61. The minimum Gasteiger partial charge on any atom is -0.481 e. The topological polar surface area (TPSA) is 121 Å². The molecule has 3 N–H and O–H groups in total. The molecule has 5 rings (SSSR count). The monoisotopic (exact) mass is 552 g/mol. The van der Waals surface area contributed by atoms with Crippen LogP contribution < -0.4 is 0 Å². The van der Waals surface area contributed by atoms with Gasteiger partial charge in [-0.05, 0) is 104 Å². The van der Waals surface area contributed by atoms with Crippen LogP contribution in [0.5, 0.6) is 0 Å². The number of rotatable bonds is 4. The first-order valence-corrected chi connectivity index (χ1v) is 16.0. The average Bonchev–Trinajstić information content (AvgIpc) is 2.80. The van der Waals surface area contributed by atoms with Gasteiger partial charge in [-0.3, -0.25) is 9.35 Å². The third-order valence-corrected chi connectivity index (χ3v) is 13.8. The maximum absolute atomic E-state index is 12.8. The fourth-order valence-electron chi connectivity index (χ4n) is 10.8. The number of carboxylic acid groups (broad SMARTS) is 1. The van der Waals surface area contributed by atoms with Gasteiger partial charge >= 0.3 is 16.4 Å². The van der Waals surface area contributed by atoms with E-state index in [-0.39, 0.29) is 40.1 Å². The van der Waals surface area contributed by atoms with Crippen molar-refractivity contribution in [3.63, 3.8) is 0 Å². The van der Waals surface area contributed by atoms with Gasteiger partial charge in [0, 0.05) is 5.41 Å². The normalized spacial score (nSPS) is 50.1. The highest BCUT2D eigenvalue weighted by Gasteiger charge is 2.69. The number of allylic oxidation sites excluding steroid dienone is 2. The van der Waals surface area contributed by atoms with Crippen molar-refractivity contribution in [2.45, 2.75) is 112 Å². The van der Waals surface area contributed by atoms with Gasteiger partial charge in [0.05, 0.1) is 18.1 Å². The molecule has 8 heteroatoms. The fourth-order valence-corrected chi connectivity index (χ4v) is 11.2. The molecule has 9 atom stereocenters. The van der Waals surface area contributed by atoms with Crippen LogP contribution in [-0.4, -0.2) is 41.9 Å². The van der Waals surface area contributed by atoms with Gasteiger partial charge in [0.1, 0.15) is 0 Å². The predicted molar refractivity (Wildman–Crippen MR) is 145 cm³/mol. The molecular weight excluding hydrogens is 504 g/mol. The Hall–Kier alpha value is -0.960. The molecule has 0 aromatic heterocycles. The molecule has 0 bridgehead atoms. The summed E-state index contributed by atoms with van der Waals surface area (Å²) in [6.45, 7) is 13.4. The molecular formula is C30H48O7S. The standard InChI is InChI=1S/C30H48O7S/c1-25(2)13-15-30(24(32)33)16-14-28(5)19(20(30)17-25)7-8-22-26(3)11-10-23(31)27(4,18-37-38(34,35)36)21(26)9-12-29(22,28)6/h7,20-23,31H,8-18H2,1-6H3,(H,32,33)(H,34,35,36). The lowest BCUT2D eigenvalue weighted by molar-refractivity contribution is -0.215. The average molecular weight is 553 g/mol. The first kappa shape index (κ1) is 28.6. The SMILES string of the molecule is CC1(C)CCC2(C(=O)O)CCC3(C)C(=CCC4C5(C)CCC(O)C(C)(COS(=O)(=O)O)C5CCC43C)C2C1. The van der Waals surface area contributed by atoms with Gasteiger partial charge in [0.2, 0.25) is 0 Å². The number of hydrogen-bond donors (Lipinski definition) is 3. The number of aliphatic carboxylic acids is 1. The van der Waals surface area contributed by atoms with E-state index < -0.39 is 33.3 Å². The predicted octanol–water partition coefficient (Wildman–Crippen LogP) is 6.03. The Morgan fingerprint density at radius 2 is 1.63 bits per heavy atom. The Kier molecular flexibility index (Phi) is 6.41. The second-order valence-electron chi connectivity index (χ2n) is 15.4. The summed E-state index contributed by atoms with van der Waals surface area (Å²) >= 11 is 0. The Bertz CT molecular complexity index is 1150. The molecule has 0 aromatic rings. The van der Waals surface area contributed by atoms with Crippen molar-refractivity contribution in [2.75, 3.05) is 6.61 Å². The van der Waals surface area contributed by atoms with Crippen molar-refractivity contribution in [1.82, 2.24) is 0 Å². The number of carboxylic acids is 1. The Labute approximate surface area is 228 Å². The van der Waals surface area contributed by atoms with Crippen LogP contribution in [0.25, 0.3) is 0 Å². The molecule has 216 valence electrons. The number of aliphatic hydroxyl groups is 1. The van der Waals surface area contributed by atoms with E-state index in [1.807, 2.05) is 6.92 Å². The highest BCUT2D eigenvalue weighted by atomic mass is 32.3. The summed E-state index contributed by atoms with van der Waals surface area (Å²) in [5.74, 6) is -0.186. The molecule has 38 heavy (non-hydrogen) atoms. The summed E-state index contributed by atoms with van der Waals surface area (Å²) in [6, 6.07) is 0. The Morgan fingerprint density at radius 1 is 0.974 bits per heavy atom. The zero-order valence-electron chi connectivity index (χ0n) is 24.0. The van der Waals surface area contributed by atoms with Crippen LogP contribution in [0.2, 0.25) is 0 Å². The van der Waals surface area contributed by atoms with Crippen molar-refractivity contribution in [1.29, 1.82) is 0 Å². The van der Waals surface area contributed by atoms with Crippen molar-refractivity contribution < 1.29 is 32.2 Å². The van der Waals surface area contributed by atoms with Gasteiger partial charge in [0.15, 0.2) is 0 Å². The lowest BCUT2D eigenvalue weighted by atomic mass is 9.33. The number of carbonyl (C=O) groups is 1. The Morgan fingerprint density at radius 3 is 2.26 bits per heavy atom. The highest BCUT2D eigenvalue weighted by molar-refractivity contribution is 7.80. The molecule has 4 saturated carbocycles. The lowest BCUT2D eigenvalue weighted by Crippen LogP contribution is -2.66. The van der Waals surface area contributed by atoms with Gasteiger partial charge in [-0.15, -0.1) is 0 Å². The second kappa shape index (κ2) is 8.53. The molecule has 0 amide bonds. The number of hydrogen-bond acceptors (Lipinski definition) is 5. The maximum atomic E-state index is 12.8. The van der Waals surface area contributed by atoms with Crippen LogP contribution in [0, 0.1) is 50.2 Å². The van der Waals surface area contributed by atoms with E-state index in [1.54, 1.807) is 0 Å². The van der Waals surface area contributed by atoms with E-state index >= 15 is 0 Å². The number of aliphatic hydroxyl groups excluding tert-OH is 1. The molecule has 7 nitrogen and oxygen atoms in total. The first-order chi connectivity index (χ1) is 17.3. The van der Waals surface area contributed by atoms with Crippen molar-refractivity contribution in [3.8, 4) is 0 Å². The van der Waals surface area contributed by atoms with E-state index in [4.69, 9.17) is 4.18 Å². The van der Waals surface area contributed by atoms with Gasteiger partial charge in [-0.25, -0.2) is 4.18 Å². The van der Waals surface area contributed by atoms with E-state index in [1.165, 1.54) is 5.57 Å². The largest absolute Gasteiger partial charge is 0.481 e. The van der Waals surface area contributed by atoms with Crippen LogP contribution in [0.4, 0.5) is 0 Å². The molecule has 0 aromatic carbocycles. The fraction of sp³-hybridized carbons (Fsp3) is 0.900. The molecule has 5 aliphatic rings. The van der Waals surface area contributed by atoms with Crippen LogP contribution in [0.15, 0.2) is 11.6 Å². The molecule has 5 aliphatic carbocycles. The minimum absolute atomic E-state index is 0.0261. The van der Waals surface area contributed by atoms with E-state index in [2.05, 4.69) is 40.7 Å². The smallest absolute Gasteiger partial charge is 0.397 e. The molecule has 0 saturated heterocycles. The zero-order valence-corrected chi connectivity index (χ0v) is 24.9. The van der Waals surface area contributed by atoms with Crippen molar-refractivity contribution >= 4 is 16.4 Å². The molecule has 9 unspecified atom stereocenters. The van der Waals surface area contributed by atoms with Crippen LogP contribution in [0.1, 0.15) is 106 Å². The Balaban J connectivity index is 1.55. The van der Waals surface area contributed by atoms with Crippen LogP contribution in [0.3, 0.4) is 0 Å². The zero-order chi connectivity index (χ0) is 28.2. The number of fused-ring (bicyclic) bond motifs is 7. The second-order valence-corrected chi connectivity index (χ2v) is 16.5. The molecule has 0 spiro atoms. The lowest BCUT2D eigenvalue weighted by Gasteiger charge is -2.71. The van der Waals surface area contributed by atoms with Gasteiger partial charge in [-0.1, -0.05) is 53.2 Å². The summed E-state index contributed by atoms with van der Waals surface area (Å²) in [6.07, 6.45) is 10.0. The quantitative estimate of drug-likeness (QED) is 0.287. The van der Waals surface area contributed by atoms with E-state index in [0.29, 0.717) is 12.3 Å². The van der Waals surface area contributed by atoms with Gasteiger partial charge in [-0.2, -0.15) is 8.42 Å². The van der Waals surface area contributed by atoms with Crippen LogP contribution in [-0.2, 0) is 19.4 Å². The van der Waals surface area contributed by atoms with Crippen molar-refractivity contribution in [3.05, 3.63) is 11.6 Å². The third-order valence-electron chi connectivity index (χ3n) is 13.4. The molecule has 4 fully saturated rings.